The highest BCUT2D eigenvalue weighted by Crippen LogP contribution is 2.32. The lowest BCUT2D eigenvalue weighted by molar-refractivity contribution is 0.258. The summed E-state index contributed by atoms with van der Waals surface area (Å²) in [5.41, 5.74) is 0.504. The van der Waals surface area contributed by atoms with Gasteiger partial charge in [-0.2, -0.15) is 0 Å². The smallest absolute Gasteiger partial charge is 0.327 e. The minimum Gasteiger partial charge on any atom is -0.445 e. The summed E-state index contributed by atoms with van der Waals surface area (Å²) in [6.07, 6.45) is 1.40. The van der Waals surface area contributed by atoms with Crippen molar-refractivity contribution in [2.24, 2.45) is 0 Å². The van der Waals surface area contributed by atoms with E-state index in [0.717, 1.165) is 23.3 Å². The van der Waals surface area contributed by atoms with Gasteiger partial charge in [-0.25, -0.2) is 18.6 Å². The predicted octanol–water partition coefficient (Wildman–Crippen LogP) is 5.76. The van der Waals surface area contributed by atoms with Gasteiger partial charge in [0.1, 0.15) is 17.4 Å². The third-order valence-corrected chi connectivity index (χ3v) is 5.32. The Morgan fingerprint density at radius 1 is 1.28 bits per heavy atom. The average molecular weight is 457 g/mol. The third-order valence-electron chi connectivity index (χ3n) is 3.57. The highest BCUT2D eigenvalue weighted by molar-refractivity contribution is 7.97. The Kier molecular flexibility index (Phi) is 6.91. The van der Waals surface area contributed by atoms with E-state index in [1.165, 1.54) is 41.4 Å². The summed E-state index contributed by atoms with van der Waals surface area (Å²) in [5, 5.41) is 3.47. The second-order valence-corrected chi connectivity index (χ2v) is 8.08. The van der Waals surface area contributed by atoms with Gasteiger partial charge in [0.2, 0.25) is 5.06 Å². The highest BCUT2D eigenvalue weighted by atomic mass is 35.5. The number of hydrogen-bond acceptors (Lipinski definition) is 6. The normalized spacial score (nSPS) is 10.7. The number of thiazole rings is 1. The topological polar surface area (TPSA) is 66.5 Å². The highest BCUT2D eigenvalue weighted by Gasteiger charge is 2.16. The van der Waals surface area contributed by atoms with Gasteiger partial charge in [0.25, 0.3) is 0 Å². The maximum Gasteiger partial charge on any atom is 0.327 e. The number of anilines is 2. The first kappa shape index (κ1) is 21.3. The van der Waals surface area contributed by atoms with Gasteiger partial charge in [-0.3, -0.25) is 14.9 Å². The molecule has 11 heteroatoms. The van der Waals surface area contributed by atoms with E-state index >= 15 is 0 Å². The molecule has 2 amide bonds. The van der Waals surface area contributed by atoms with Crippen molar-refractivity contribution in [3.63, 3.8) is 0 Å². The zero-order valence-corrected chi connectivity index (χ0v) is 17.6. The van der Waals surface area contributed by atoms with E-state index in [4.69, 9.17) is 16.3 Å². The van der Waals surface area contributed by atoms with Crippen LogP contribution in [-0.2, 0) is 0 Å². The zero-order chi connectivity index (χ0) is 21.0. The molecule has 0 aliphatic heterocycles. The largest absolute Gasteiger partial charge is 0.445 e. The Labute approximate surface area is 179 Å². The molecule has 0 aliphatic carbocycles. The molecule has 0 unspecified atom stereocenters. The number of ether oxygens (including phenoxy) is 1. The molecule has 3 rings (SSSR count). The van der Waals surface area contributed by atoms with Gasteiger partial charge in [0.15, 0.2) is 5.13 Å². The Morgan fingerprint density at radius 3 is 2.79 bits per heavy atom. The van der Waals surface area contributed by atoms with Crippen molar-refractivity contribution in [3.05, 3.63) is 59.3 Å². The molecule has 0 atom stereocenters. The van der Waals surface area contributed by atoms with Crippen molar-refractivity contribution in [2.45, 2.75) is 4.90 Å². The summed E-state index contributed by atoms with van der Waals surface area (Å²) >= 11 is 7.97. The molecule has 0 aliphatic rings. The number of benzene rings is 2. The summed E-state index contributed by atoms with van der Waals surface area (Å²) < 4.78 is 35.5. The molecule has 152 valence electrons. The molecule has 2 aromatic carbocycles. The Morgan fingerprint density at radius 2 is 2.07 bits per heavy atom. The van der Waals surface area contributed by atoms with E-state index in [0.29, 0.717) is 15.6 Å². The lowest BCUT2D eigenvalue weighted by atomic mass is 10.3. The number of nitrogens with one attached hydrogen (secondary N) is 2. The van der Waals surface area contributed by atoms with E-state index in [1.54, 1.807) is 20.2 Å². The quantitative estimate of drug-likeness (QED) is 0.461. The molecule has 0 radical (unpaired) electrons. The molecule has 2 N–H and O–H groups in total. The number of carbonyl (C=O) groups is 1. The molecular formula is C18H15ClF2N4O2S2. The van der Waals surface area contributed by atoms with E-state index < -0.39 is 11.8 Å². The van der Waals surface area contributed by atoms with Crippen molar-refractivity contribution in [3.8, 4) is 10.8 Å². The van der Waals surface area contributed by atoms with Crippen LogP contribution in [0.15, 0.2) is 47.5 Å². The Balaban J connectivity index is 1.67. The van der Waals surface area contributed by atoms with Crippen LogP contribution in [-0.4, -0.2) is 25.1 Å². The molecule has 0 saturated carbocycles. The van der Waals surface area contributed by atoms with Crippen LogP contribution in [0.4, 0.5) is 24.4 Å². The van der Waals surface area contributed by atoms with Gasteiger partial charge in [-0.15, -0.1) is 0 Å². The average Bonchev–Trinajstić information content (AvgIpc) is 3.09. The predicted molar refractivity (Wildman–Crippen MR) is 112 cm³/mol. The van der Waals surface area contributed by atoms with Gasteiger partial charge in [-0.1, -0.05) is 22.9 Å². The van der Waals surface area contributed by atoms with Crippen LogP contribution >= 0.6 is 34.9 Å². The first-order chi connectivity index (χ1) is 13.9. The molecule has 1 aromatic heterocycles. The standard InChI is InChI=1S/C18H15ClF2N4O2S2/c1-22-29-15-8-12(3-4-14(15)21)25(2)18(26)24-17-23-9-16(28-17)27-13-6-10(19)5-11(20)7-13/h3-9,22H,1-2H3,(H,23,24,26). The van der Waals surface area contributed by atoms with Crippen LogP contribution in [0, 0.1) is 11.6 Å². The third kappa shape index (κ3) is 5.57. The summed E-state index contributed by atoms with van der Waals surface area (Å²) in [4.78, 5) is 18.2. The summed E-state index contributed by atoms with van der Waals surface area (Å²) in [6.45, 7) is 0. The van der Waals surface area contributed by atoms with Gasteiger partial charge >= 0.3 is 6.03 Å². The van der Waals surface area contributed by atoms with Crippen LogP contribution in [0.25, 0.3) is 0 Å². The molecule has 0 spiro atoms. The minimum atomic E-state index is -0.526. The molecule has 6 nitrogen and oxygen atoms in total. The number of halogens is 3. The van der Waals surface area contributed by atoms with E-state index in [2.05, 4.69) is 15.0 Å². The summed E-state index contributed by atoms with van der Waals surface area (Å²) in [5.74, 6) is -0.696. The van der Waals surface area contributed by atoms with Crippen LogP contribution in [0.3, 0.4) is 0 Å². The first-order valence-electron chi connectivity index (χ1n) is 8.13. The fourth-order valence-electron chi connectivity index (χ4n) is 2.25. The van der Waals surface area contributed by atoms with Crippen LogP contribution in [0.5, 0.6) is 10.8 Å². The number of rotatable bonds is 6. The summed E-state index contributed by atoms with van der Waals surface area (Å²) in [7, 11) is 3.23. The maximum absolute atomic E-state index is 13.8. The molecule has 0 bridgehead atoms. The van der Waals surface area contributed by atoms with Gasteiger partial charge in [0, 0.05) is 23.8 Å². The van der Waals surface area contributed by atoms with Crippen molar-refractivity contribution in [2.75, 3.05) is 24.3 Å². The van der Waals surface area contributed by atoms with Crippen LogP contribution in [0.2, 0.25) is 5.02 Å². The molecular weight excluding hydrogens is 442 g/mol. The fourth-order valence-corrected chi connectivity index (χ4v) is 3.70. The second-order valence-electron chi connectivity index (χ2n) is 5.60. The van der Waals surface area contributed by atoms with E-state index in [-0.39, 0.29) is 21.7 Å². The fraction of sp³-hybridized carbons (Fsp3) is 0.111. The number of urea groups is 1. The number of nitrogens with zero attached hydrogens (tertiary/aromatic N) is 2. The number of hydrogen-bond donors (Lipinski definition) is 2. The monoisotopic (exact) mass is 456 g/mol. The summed E-state index contributed by atoms with van der Waals surface area (Å²) in [6, 6.07) is 7.69. The van der Waals surface area contributed by atoms with E-state index in [9.17, 15) is 13.6 Å². The lowest BCUT2D eigenvalue weighted by Gasteiger charge is -2.18. The number of amides is 2. The first-order valence-corrected chi connectivity index (χ1v) is 10.1. The van der Waals surface area contributed by atoms with E-state index in [1.807, 2.05) is 0 Å². The zero-order valence-electron chi connectivity index (χ0n) is 15.2. The molecule has 29 heavy (non-hydrogen) atoms. The second kappa shape index (κ2) is 9.40. The Bertz CT molecular complexity index is 1010. The van der Waals surface area contributed by atoms with Gasteiger partial charge in [-0.05, 0) is 49.3 Å². The maximum atomic E-state index is 13.8. The number of carbonyl (C=O) groups excluding carboxylic acids is 1. The number of aromatic nitrogens is 1. The van der Waals surface area contributed by atoms with Crippen molar-refractivity contribution >= 4 is 51.7 Å². The molecule has 1 heterocycles. The Hall–Kier alpha value is -2.40. The van der Waals surface area contributed by atoms with Gasteiger partial charge < -0.3 is 4.74 Å². The van der Waals surface area contributed by atoms with Crippen LogP contribution < -0.4 is 19.7 Å². The molecule has 0 saturated heterocycles. The van der Waals surface area contributed by atoms with Crippen molar-refractivity contribution in [1.29, 1.82) is 0 Å². The van der Waals surface area contributed by atoms with Crippen LogP contribution in [0.1, 0.15) is 0 Å². The van der Waals surface area contributed by atoms with Crippen molar-refractivity contribution in [1.82, 2.24) is 9.71 Å². The van der Waals surface area contributed by atoms with Crippen molar-refractivity contribution < 1.29 is 18.3 Å². The molecule has 0 fully saturated rings. The minimum absolute atomic E-state index is 0.203. The lowest BCUT2D eigenvalue weighted by Crippen LogP contribution is -2.31. The molecule has 3 aromatic rings. The van der Waals surface area contributed by atoms with Gasteiger partial charge in [0.05, 0.1) is 11.1 Å². The SMILES string of the molecule is CNSc1cc(N(C)C(=O)Nc2ncc(Oc3cc(F)cc(Cl)c3)s2)ccc1F.